The van der Waals surface area contributed by atoms with Crippen LogP contribution >= 0.6 is 11.3 Å². The number of nitrogens with zero attached hydrogens (tertiary/aromatic N) is 3. The van der Waals surface area contributed by atoms with Gasteiger partial charge in [0.15, 0.2) is 0 Å². The van der Waals surface area contributed by atoms with Crippen molar-refractivity contribution >= 4 is 22.4 Å². The molecule has 0 radical (unpaired) electrons. The molecule has 1 aromatic carbocycles. The second-order valence-corrected chi connectivity index (χ2v) is 6.09. The smallest absolute Gasteiger partial charge is 0.277 e. The maximum atomic E-state index is 12.1. The van der Waals surface area contributed by atoms with Crippen LogP contribution in [0, 0.1) is 0 Å². The van der Waals surface area contributed by atoms with Gasteiger partial charge in [-0.3, -0.25) is 14.9 Å². The number of carbonyl (C=O) groups excluding carboxylic acids is 1. The summed E-state index contributed by atoms with van der Waals surface area (Å²) in [6, 6.07) is 12.7. The van der Waals surface area contributed by atoms with Crippen molar-refractivity contribution < 1.29 is 4.79 Å². The second-order valence-electron chi connectivity index (χ2n) is 5.08. The minimum atomic E-state index is -0.443. The fourth-order valence-electron chi connectivity index (χ4n) is 2.30. The predicted molar refractivity (Wildman–Crippen MR) is 91.3 cm³/mol. The van der Waals surface area contributed by atoms with Crippen molar-refractivity contribution in [3.05, 3.63) is 69.1 Å². The molecule has 3 aromatic rings. The molecule has 0 aliphatic carbocycles. The molecule has 2 N–H and O–H groups in total. The molecule has 2 heterocycles. The normalized spacial score (nSPS) is 11.9. The Balaban J connectivity index is 1.76. The van der Waals surface area contributed by atoms with Crippen LogP contribution < -0.4 is 10.9 Å². The van der Waals surface area contributed by atoms with E-state index in [1.165, 1.54) is 23.5 Å². The van der Waals surface area contributed by atoms with Gasteiger partial charge in [-0.1, -0.05) is 48.6 Å². The van der Waals surface area contributed by atoms with E-state index in [9.17, 15) is 9.59 Å². The summed E-state index contributed by atoms with van der Waals surface area (Å²) < 4.78 is 0. The van der Waals surface area contributed by atoms with Gasteiger partial charge >= 0.3 is 0 Å². The van der Waals surface area contributed by atoms with E-state index >= 15 is 0 Å². The quantitative estimate of drug-likeness (QED) is 0.742. The number of benzene rings is 1. The first-order chi connectivity index (χ1) is 11.7. The molecular weight excluding hydrogens is 326 g/mol. The maximum absolute atomic E-state index is 12.1. The number of rotatable bonds is 5. The lowest BCUT2D eigenvalue weighted by Crippen LogP contribution is -2.17. The first kappa shape index (κ1) is 16.0. The Hall–Kier alpha value is -2.87. The lowest BCUT2D eigenvalue weighted by Gasteiger charge is -2.10. The first-order valence-corrected chi connectivity index (χ1v) is 8.24. The van der Waals surface area contributed by atoms with E-state index in [0.29, 0.717) is 5.13 Å². The largest absolute Gasteiger partial charge is 0.295 e. The average molecular weight is 341 g/mol. The van der Waals surface area contributed by atoms with Crippen LogP contribution in [-0.4, -0.2) is 26.3 Å². The van der Waals surface area contributed by atoms with Crippen molar-refractivity contribution in [2.45, 2.75) is 19.3 Å². The van der Waals surface area contributed by atoms with E-state index < -0.39 is 5.91 Å². The highest BCUT2D eigenvalue weighted by atomic mass is 32.1. The number of hydrogen-bond acceptors (Lipinski definition) is 6. The number of aromatic nitrogens is 4. The predicted octanol–water partition coefficient (Wildman–Crippen LogP) is 2.42. The van der Waals surface area contributed by atoms with E-state index in [2.05, 4.69) is 44.8 Å². The Morgan fingerprint density at radius 3 is 2.67 bits per heavy atom. The van der Waals surface area contributed by atoms with Crippen LogP contribution in [0.15, 0.2) is 47.3 Å². The van der Waals surface area contributed by atoms with Crippen molar-refractivity contribution in [1.29, 1.82) is 0 Å². The Morgan fingerprint density at radius 2 is 2.00 bits per heavy atom. The van der Waals surface area contributed by atoms with Gasteiger partial charge in [-0.2, -0.15) is 5.10 Å². The minimum Gasteiger partial charge on any atom is -0.295 e. The molecular formula is C16H15N5O2S. The van der Waals surface area contributed by atoms with Crippen molar-refractivity contribution in [2.75, 3.05) is 5.32 Å². The van der Waals surface area contributed by atoms with Crippen molar-refractivity contribution in [2.24, 2.45) is 0 Å². The zero-order valence-electron chi connectivity index (χ0n) is 12.9. The van der Waals surface area contributed by atoms with Crippen LogP contribution in [-0.2, 0) is 0 Å². The van der Waals surface area contributed by atoms with Crippen molar-refractivity contribution in [1.82, 2.24) is 20.4 Å². The van der Waals surface area contributed by atoms with Crippen LogP contribution in [0.3, 0.4) is 0 Å². The molecule has 7 nitrogen and oxygen atoms in total. The molecule has 3 rings (SSSR count). The summed E-state index contributed by atoms with van der Waals surface area (Å²) in [6.07, 6.45) is 0.883. The van der Waals surface area contributed by atoms with Gasteiger partial charge in [0.1, 0.15) is 10.7 Å². The van der Waals surface area contributed by atoms with Crippen molar-refractivity contribution in [3.8, 4) is 0 Å². The molecule has 0 unspecified atom stereocenters. The molecule has 0 fully saturated rings. The van der Waals surface area contributed by atoms with Gasteiger partial charge < -0.3 is 0 Å². The Morgan fingerprint density at radius 1 is 1.21 bits per heavy atom. The summed E-state index contributed by atoms with van der Waals surface area (Å²) in [4.78, 5) is 23.1. The molecule has 0 spiro atoms. The average Bonchev–Trinajstić information content (AvgIpc) is 3.05. The second kappa shape index (κ2) is 7.14. The molecule has 24 heavy (non-hydrogen) atoms. The van der Waals surface area contributed by atoms with E-state index in [0.717, 1.165) is 17.0 Å². The minimum absolute atomic E-state index is 0.112. The Kier molecular flexibility index (Phi) is 4.76. The molecule has 0 aliphatic heterocycles. The molecule has 8 heteroatoms. The number of anilines is 1. The van der Waals surface area contributed by atoms with Crippen LogP contribution in [0.2, 0.25) is 0 Å². The topological polar surface area (TPSA) is 101 Å². The fraction of sp³-hybridized carbons (Fsp3) is 0.188. The molecule has 2 aromatic heterocycles. The van der Waals surface area contributed by atoms with Crippen LogP contribution in [0.1, 0.15) is 40.3 Å². The fourth-order valence-corrected chi connectivity index (χ4v) is 3.25. The molecule has 0 saturated heterocycles. The standard InChI is InChI=1S/C16H15N5O2S/c1-2-11(10-6-4-3-5-7-10)15-20-21-16(24-15)17-14(23)12-8-9-13(22)19-18-12/h3-9,11H,2H2,1H3,(H,19,22)(H,17,21,23)/t11-/m0/s1. The van der Waals surface area contributed by atoms with Gasteiger partial charge in [0.2, 0.25) is 5.13 Å². The third-order valence-corrected chi connectivity index (χ3v) is 4.43. The highest BCUT2D eigenvalue weighted by molar-refractivity contribution is 7.15. The zero-order valence-corrected chi connectivity index (χ0v) is 13.7. The summed E-state index contributed by atoms with van der Waals surface area (Å²) in [5.74, 6) is -0.303. The van der Waals surface area contributed by atoms with Gasteiger partial charge in [-0.25, -0.2) is 5.10 Å². The first-order valence-electron chi connectivity index (χ1n) is 7.42. The van der Waals surface area contributed by atoms with Gasteiger partial charge in [0, 0.05) is 12.0 Å². The number of hydrogen-bond donors (Lipinski definition) is 2. The molecule has 0 bridgehead atoms. The molecule has 122 valence electrons. The highest BCUT2D eigenvalue weighted by Gasteiger charge is 2.18. The summed E-state index contributed by atoms with van der Waals surface area (Å²) in [6.45, 7) is 2.08. The zero-order chi connectivity index (χ0) is 16.9. The number of H-pyrrole nitrogens is 1. The lowest BCUT2D eigenvalue weighted by atomic mass is 9.97. The third-order valence-electron chi connectivity index (χ3n) is 3.48. The van der Waals surface area contributed by atoms with Gasteiger partial charge in [0.05, 0.1) is 0 Å². The molecule has 1 amide bonds. The molecule has 0 aliphatic rings. The van der Waals surface area contributed by atoms with Gasteiger partial charge in [-0.05, 0) is 18.1 Å². The summed E-state index contributed by atoms with van der Waals surface area (Å²) in [5, 5.41) is 18.0. The summed E-state index contributed by atoms with van der Waals surface area (Å²) >= 11 is 1.33. The van der Waals surface area contributed by atoms with Crippen LogP contribution in [0.5, 0.6) is 0 Å². The van der Waals surface area contributed by atoms with Gasteiger partial charge in [0.25, 0.3) is 11.5 Å². The van der Waals surface area contributed by atoms with E-state index in [4.69, 9.17) is 0 Å². The van der Waals surface area contributed by atoms with Gasteiger partial charge in [-0.15, -0.1) is 10.2 Å². The van der Waals surface area contributed by atoms with E-state index in [1.54, 1.807) is 0 Å². The Bertz CT molecular complexity index is 870. The summed E-state index contributed by atoms with van der Waals surface area (Å²) in [5.41, 5.74) is 0.913. The highest BCUT2D eigenvalue weighted by Crippen LogP contribution is 2.31. The molecule has 0 saturated carbocycles. The number of aromatic amines is 1. The Labute approximate surface area is 141 Å². The van der Waals surface area contributed by atoms with E-state index in [-0.39, 0.29) is 17.2 Å². The SMILES string of the molecule is CC[C@@H](c1ccccc1)c1nnc(NC(=O)c2ccc(=O)[nH]n2)s1. The van der Waals surface area contributed by atoms with Crippen LogP contribution in [0.4, 0.5) is 5.13 Å². The maximum Gasteiger partial charge on any atom is 0.277 e. The number of amides is 1. The number of carbonyl (C=O) groups is 1. The monoisotopic (exact) mass is 341 g/mol. The van der Waals surface area contributed by atoms with E-state index in [1.807, 2.05) is 18.2 Å². The lowest BCUT2D eigenvalue weighted by molar-refractivity contribution is 0.102. The summed E-state index contributed by atoms with van der Waals surface area (Å²) in [7, 11) is 0. The van der Waals surface area contributed by atoms with Crippen molar-refractivity contribution in [3.63, 3.8) is 0 Å². The molecule has 1 atom stereocenters. The van der Waals surface area contributed by atoms with Crippen LogP contribution in [0.25, 0.3) is 0 Å². The third kappa shape index (κ3) is 3.54. The number of nitrogens with one attached hydrogen (secondary N) is 2.